The van der Waals surface area contributed by atoms with Crippen molar-refractivity contribution in [2.75, 3.05) is 13.2 Å². The first kappa shape index (κ1) is 53.1. The van der Waals surface area contributed by atoms with Gasteiger partial charge in [0.15, 0.2) is 6.10 Å². The first-order chi connectivity index (χ1) is 27.0. The highest BCUT2D eigenvalue weighted by Gasteiger charge is 2.19. The van der Waals surface area contributed by atoms with E-state index in [1.165, 1.54) is 167 Å². The van der Waals surface area contributed by atoms with Crippen LogP contribution in [0.5, 0.6) is 0 Å². The molecule has 0 aromatic heterocycles. The summed E-state index contributed by atoms with van der Waals surface area (Å²) in [6, 6.07) is 0. The molecule has 0 rings (SSSR count). The zero-order valence-electron chi connectivity index (χ0n) is 37.0. The number of esters is 3. The lowest BCUT2D eigenvalue weighted by molar-refractivity contribution is -0.167. The van der Waals surface area contributed by atoms with Crippen LogP contribution in [0.3, 0.4) is 0 Å². The van der Waals surface area contributed by atoms with E-state index >= 15 is 0 Å². The summed E-state index contributed by atoms with van der Waals surface area (Å²) in [6.45, 7) is 6.60. The van der Waals surface area contributed by atoms with Gasteiger partial charge in [0, 0.05) is 19.3 Å². The van der Waals surface area contributed by atoms with Crippen molar-refractivity contribution in [3.8, 4) is 0 Å². The summed E-state index contributed by atoms with van der Waals surface area (Å²) in [5.41, 5.74) is 0. The van der Waals surface area contributed by atoms with Crippen LogP contribution in [0.4, 0.5) is 0 Å². The van der Waals surface area contributed by atoms with Crippen LogP contribution < -0.4 is 0 Å². The molecular weight excluding hydrogens is 685 g/mol. The molecule has 0 saturated heterocycles. The minimum atomic E-state index is -0.772. The maximum Gasteiger partial charge on any atom is 0.306 e. The Morgan fingerprint density at radius 3 is 0.982 bits per heavy atom. The molecule has 55 heavy (non-hydrogen) atoms. The fourth-order valence-electron chi connectivity index (χ4n) is 7.09. The Hall–Kier alpha value is -1.85. The number of rotatable bonds is 44. The maximum absolute atomic E-state index is 12.7. The fraction of sp³-hybridized carbons (Fsp3) is 0.898. The molecule has 0 bridgehead atoms. The average Bonchev–Trinajstić information content (AvgIpc) is 3.18. The number of allylic oxidation sites excluding steroid dienone is 2. The summed E-state index contributed by atoms with van der Waals surface area (Å²) < 4.78 is 16.7. The van der Waals surface area contributed by atoms with Crippen molar-refractivity contribution in [1.29, 1.82) is 0 Å². The summed E-state index contributed by atoms with van der Waals surface area (Å²) in [5.74, 6) is -0.898. The van der Waals surface area contributed by atoms with E-state index < -0.39 is 6.10 Å². The molecule has 0 saturated carbocycles. The molecule has 1 unspecified atom stereocenters. The molecule has 6 nitrogen and oxygen atoms in total. The highest BCUT2D eigenvalue weighted by Crippen LogP contribution is 2.16. The van der Waals surface area contributed by atoms with Gasteiger partial charge in [0.05, 0.1) is 0 Å². The van der Waals surface area contributed by atoms with E-state index in [0.717, 1.165) is 57.8 Å². The van der Waals surface area contributed by atoms with Crippen molar-refractivity contribution in [2.45, 2.75) is 271 Å². The fourth-order valence-corrected chi connectivity index (χ4v) is 7.09. The van der Waals surface area contributed by atoms with E-state index in [-0.39, 0.29) is 31.1 Å². The minimum absolute atomic E-state index is 0.0734. The molecule has 0 radical (unpaired) electrons. The largest absolute Gasteiger partial charge is 0.462 e. The van der Waals surface area contributed by atoms with Gasteiger partial charge in [-0.1, -0.05) is 219 Å². The second kappa shape index (κ2) is 44.9. The van der Waals surface area contributed by atoms with E-state index in [1.807, 2.05) is 0 Å². The third-order valence-corrected chi connectivity index (χ3v) is 10.8. The highest BCUT2D eigenvalue weighted by molar-refractivity contribution is 5.71. The quantitative estimate of drug-likeness (QED) is 0.0265. The second-order valence-electron chi connectivity index (χ2n) is 16.4. The predicted octanol–water partition coefficient (Wildman–Crippen LogP) is 15.4. The van der Waals surface area contributed by atoms with Crippen molar-refractivity contribution in [3.63, 3.8) is 0 Å². The summed E-state index contributed by atoms with van der Waals surface area (Å²) >= 11 is 0. The molecular formula is C49H92O6. The lowest BCUT2D eigenvalue weighted by Crippen LogP contribution is -2.30. The van der Waals surface area contributed by atoms with E-state index in [1.54, 1.807) is 0 Å². The molecule has 6 heteroatoms. The minimum Gasteiger partial charge on any atom is -0.462 e. The van der Waals surface area contributed by atoms with Crippen molar-refractivity contribution >= 4 is 17.9 Å². The Bertz CT molecular complexity index is 854. The first-order valence-electron chi connectivity index (χ1n) is 24.2. The number of carbonyl (C=O) groups is 3. The van der Waals surface area contributed by atoms with Crippen molar-refractivity contribution in [2.24, 2.45) is 0 Å². The summed E-state index contributed by atoms with van der Waals surface area (Å²) in [4.78, 5) is 37.7. The summed E-state index contributed by atoms with van der Waals surface area (Å²) in [7, 11) is 0. The van der Waals surface area contributed by atoms with Crippen LogP contribution >= 0.6 is 0 Å². The van der Waals surface area contributed by atoms with Gasteiger partial charge >= 0.3 is 17.9 Å². The van der Waals surface area contributed by atoms with E-state index in [9.17, 15) is 14.4 Å². The van der Waals surface area contributed by atoms with Gasteiger partial charge in [0.25, 0.3) is 0 Å². The van der Waals surface area contributed by atoms with Gasteiger partial charge < -0.3 is 14.2 Å². The van der Waals surface area contributed by atoms with Crippen molar-refractivity contribution in [3.05, 3.63) is 12.2 Å². The van der Waals surface area contributed by atoms with Gasteiger partial charge in [-0.3, -0.25) is 14.4 Å². The Morgan fingerprint density at radius 2 is 0.618 bits per heavy atom. The van der Waals surface area contributed by atoms with E-state index in [2.05, 4.69) is 32.9 Å². The molecule has 0 aliphatic heterocycles. The molecule has 0 heterocycles. The smallest absolute Gasteiger partial charge is 0.306 e. The van der Waals surface area contributed by atoms with Crippen molar-refractivity contribution < 1.29 is 28.6 Å². The van der Waals surface area contributed by atoms with Gasteiger partial charge in [0.1, 0.15) is 13.2 Å². The second-order valence-corrected chi connectivity index (χ2v) is 16.4. The molecule has 0 fully saturated rings. The molecule has 324 valence electrons. The lowest BCUT2D eigenvalue weighted by Gasteiger charge is -2.18. The molecule has 1 atom stereocenters. The number of unbranched alkanes of at least 4 members (excludes halogenated alkanes) is 31. The van der Waals surface area contributed by atoms with Gasteiger partial charge in [-0.25, -0.2) is 0 Å². The standard InChI is InChI=1S/C49H92O6/c1-4-7-10-13-16-19-21-23-25-27-30-33-36-39-42-48(51)54-45-46(44-53-47(50)41-38-35-32-29-18-15-12-9-6-3)55-49(52)43-40-37-34-31-28-26-24-22-20-17-14-11-8-5-2/h29,32,46H,4-28,30-31,33-45H2,1-3H3/b32-29-. The zero-order valence-corrected chi connectivity index (χ0v) is 37.0. The molecule has 0 aliphatic carbocycles. The highest BCUT2D eigenvalue weighted by atomic mass is 16.6. The normalized spacial score (nSPS) is 12.0. The third kappa shape index (κ3) is 43.1. The van der Waals surface area contributed by atoms with Crippen LogP contribution in [0, 0.1) is 0 Å². The summed E-state index contributed by atoms with van der Waals surface area (Å²) in [5, 5.41) is 0. The van der Waals surface area contributed by atoms with Gasteiger partial charge in [0.2, 0.25) is 0 Å². The molecule has 0 aromatic carbocycles. The maximum atomic E-state index is 12.7. The Kier molecular flexibility index (Phi) is 43.4. The van der Waals surface area contributed by atoms with Crippen LogP contribution in [0.1, 0.15) is 265 Å². The summed E-state index contributed by atoms with van der Waals surface area (Å²) in [6.07, 6.45) is 47.7. The van der Waals surface area contributed by atoms with Gasteiger partial charge in [-0.15, -0.1) is 0 Å². The molecule has 0 aromatic rings. The number of hydrogen-bond donors (Lipinski definition) is 0. The lowest BCUT2D eigenvalue weighted by atomic mass is 10.0. The number of carbonyl (C=O) groups excluding carboxylic acids is 3. The molecule has 0 amide bonds. The number of ether oxygens (including phenoxy) is 3. The number of hydrogen-bond acceptors (Lipinski definition) is 6. The monoisotopic (exact) mass is 777 g/mol. The van der Waals surface area contributed by atoms with Crippen molar-refractivity contribution in [1.82, 2.24) is 0 Å². The third-order valence-electron chi connectivity index (χ3n) is 10.8. The SMILES string of the molecule is CCCCCC/C=C\CCCC(=O)OCC(COC(=O)CCCCCCCCCCCCCCCC)OC(=O)CCCCCCCCCCCCCCCC. The van der Waals surface area contributed by atoms with E-state index in [0.29, 0.717) is 19.3 Å². The average molecular weight is 777 g/mol. The van der Waals surface area contributed by atoms with E-state index in [4.69, 9.17) is 14.2 Å². The zero-order chi connectivity index (χ0) is 40.1. The van der Waals surface area contributed by atoms with Crippen LogP contribution in [-0.4, -0.2) is 37.2 Å². The van der Waals surface area contributed by atoms with Crippen LogP contribution in [0.15, 0.2) is 12.2 Å². The first-order valence-corrected chi connectivity index (χ1v) is 24.2. The Balaban J connectivity index is 4.31. The van der Waals surface area contributed by atoms with Gasteiger partial charge in [-0.2, -0.15) is 0 Å². The Morgan fingerprint density at radius 1 is 0.345 bits per heavy atom. The molecule has 0 aliphatic rings. The van der Waals surface area contributed by atoms with Crippen LogP contribution in [0.25, 0.3) is 0 Å². The van der Waals surface area contributed by atoms with Crippen LogP contribution in [0.2, 0.25) is 0 Å². The Labute approximate surface area is 341 Å². The molecule has 0 N–H and O–H groups in total. The molecule has 0 spiro atoms. The predicted molar refractivity (Wildman–Crippen MR) is 233 cm³/mol. The topological polar surface area (TPSA) is 78.9 Å². The van der Waals surface area contributed by atoms with Crippen LogP contribution in [-0.2, 0) is 28.6 Å². The van der Waals surface area contributed by atoms with Gasteiger partial charge in [-0.05, 0) is 38.5 Å².